The summed E-state index contributed by atoms with van der Waals surface area (Å²) in [6.45, 7) is 12.0. The van der Waals surface area contributed by atoms with Crippen molar-refractivity contribution < 1.29 is 0 Å². The summed E-state index contributed by atoms with van der Waals surface area (Å²) < 4.78 is 0. The average molecular weight is 209 g/mol. The third-order valence-electron chi connectivity index (χ3n) is 3.89. The van der Waals surface area contributed by atoms with Crippen LogP contribution in [0.3, 0.4) is 0 Å². The lowest BCUT2D eigenvalue weighted by molar-refractivity contribution is 0.154. The Balaban J connectivity index is 1.60. The fraction of sp³-hybridized carbons (Fsp3) is 0.923. The Bertz CT molecular complexity index is 167. The molecule has 0 atom stereocenters. The smallest absolute Gasteiger partial charge is 0.0109 e. The van der Waals surface area contributed by atoms with Crippen molar-refractivity contribution in [3.05, 3.63) is 6.92 Å². The molecule has 2 heterocycles. The van der Waals surface area contributed by atoms with Gasteiger partial charge in [0.2, 0.25) is 0 Å². The topological polar surface area (TPSA) is 6.48 Å². The molecule has 0 aliphatic carbocycles. The molecular formula is C13H25N2. The Morgan fingerprint density at radius 2 is 1.33 bits per heavy atom. The Morgan fingerprint density at radius 3 is 1.93 bits per heavy atom. The summed E-state index contributed by atoms with van der Waals surface area (Å²) in [6.07, 6.45) is 6.89. The van der Waals surface area contributed by atoms with Gasteiger partial charge in [-0.3, -0.25) is 0 Å². The highest BCUT2D eigenvalue weighted by molar-refractivity contribution is 4.74. The van der Waals surface area contributed by atoms with Crippen LogP contribution in [0.15, 0.2) is 0 Å². The van der Waals surface area contributed by atoms with E-state index in [0.29, 0.717) is 0 Å². The average Bonchev–Trinajstić information content (AvgIpc) is 2.30. The summed E-state index contributed by atoms with van der Waals surface area (Å²) in [5, 5.41) is 0. The lowest BCUT2D eigenvalue weighted by atomic mass is 9.99. The molecule has 0 saturated carbocycles. The number of piperidine rings is 2. The minimum absolute atomic E-state index is 0.719. The van der Waals surface area contributed by atoms with Crippen molar-refractivity contribution in [1.29, 1.82) is 0 Å². The van der Waals surface area contributed by atoms with Gasteiger partial charge < -0.3 is 9.80 Å². The quantitative estimate of drug-likeness (QED) is 0.701. The zero-order valence-electron chi connectivity index (χ0n) is 9.96. The van der Waals surface area contributed by atoms with E-state index in [1.165, 1.54) is 71.4 Å². The van der Waals surface area contributed by atoms with E-state index in [9.17, 15) is 0 Å². The number of likely N-dealkylation sites (tertiary alicyclic amines) is 2. The Kier molecular flexibility index (Phi) is 4.45. The molecule has 0 unspecified atom stereocenters. The second kappa shape index (κ2) is 5.86. The van der Waals surface area contributed by atoms with Crippen molar-refractivity contribution in [3.63, 3.8) is 0 Å². The van der Waals surface area contributed by atoms with Crippen LogP contribution in [-0.2, 0) is 0 Å². The van der Waals surface area contributed by atoms with Crippen LogP contribution in [0, 0.1) is 12.8 Å². The fourth-order valence-electron chi connectivity index (χ4n) is 2.68. The van der Waals surface area contributed by atoms with Crippen LogP contribution in [0.1, 0.15) is 32.1 Å². The first-order valence-corrected chi connectivity index (χ1v) is 6.62. The molecule has 0 aromatic carbocycles. The molecule has 2 aliphatic heterocycles. The summed E-state index contributed by atoms with van der Waals surface area (Å²) in [6, 6.07) is 0. The lowest BCUT2D eigenvalue weighted by Crippen LogP contribution is -2.40. The molecule has 0 bridgehead atoms. The molecule has 0 aromatic rings. The zero-order chi connectivity index (χ0) is 10.5. The van der Waals surface area contributed by atoms with Crippen molar-refractivity contribution in [2.45, 2.75) is 32.1 Å². The maximum absolute atomic E-state index is 4.14. The molecule has 2 nitrogen and oxygen atoms in total. The minimum atomic E-state index is 0.719. The van der Waals surface area contributed by atoms with E-state index >= 15 is 0 Å². The van der Waals surface area contributed by atoms with E-state index in [4.69, 9.17) is 0 Å². The molecule has 2 saturated heterocycles. The largest absolute Gasteiger partial charge is 0.302 e. The van der Waals surface area contributed by atoms with E-state index in [1.54, 1.807) is 0 Å². The van der Waals surface area contributed by atoms with Crippen molar-refractivity contribution in [1.82, 2.24) is 9.80 Å². The van der Waals surface area contributed by atoms with Crippen LogP contribution in [0.4, 0.5) is 0 Å². The second-order valence-electron chi connectivity index (χ2n) is 5.19. The molecule has 0 spiro atoms. The normalized spacial score (nSPS) is 27.0. The first-order chi connectivity index (χ1) is 7.34. The summed E-state index contributed by atoms with van der Waals surface area (Å²) in [5.41, 5.74) is 0. The van der Waals surface area contributed by atoms with Gasteiger partial charge in [0.25, 0.3) is 0 Å². The maximum Gasteiger partial charge on any atom is 0.0109 e. The predicted octanol–water partition coefficient (Wildman–Crippen LogP) is 2.02. The number of rotatable bonds is 3. The van der Waals surface area contributed by atoms with Crippen LogP contribution in [-0.4, -0.2) is 49.1 Å². The molecule has 0 aromatic heterocycles. The summed E-state index contributed by atoms with van der Waals surface area (Å²) in [5.74, 6) is 0.719. The molecule has 2 rings (SSSR count). The second-order valence-corrected chi connectivity index (χ2v) is 5.19. The van der Waals surface area contributed by atoms with Gasteiger partial charge in [-0.25, -0.2) is 0 Å². The van der Waals surface area contributed by atoms with Crippen LogP contribution in [0.25, 0.3) is 0 Å². The highest BCUT2D eigenvalue weighted by atomic mass is 15.2. The van der Waals surface area contributed by atoms with E-state index in [1.807, 2.05) is 0 Å². The van der Waals surface area contributed by atoms with Gasteiger partial charge in [-0.05, 0) is 57.8 Å². The van der Waals surface area contributed by atoms with Gasteiger partial charge in [-0.15, -0.1) is 0 Å². The standard InChI is InChI=1S/C13H25N2/c1-13-5-9-15(10-6-13)12-11-14-7-3-2-4-8-14/h13H,1-12H2. The van der Waals surface area contributed by atoms with Crippen LogP contribution in [0.2, 0.25) is 0 Å². The number of hydrogen-bond acceptors (Lipinski definition) is 2. The summed E-state index contributed by atoms with van der Waals surface area (Å²) >= 11 is 0. The minimum Gasteiger partial charge on any atom is -0.302 e. The predicted molar refractivity (Wildman–Crippen MR) is 64.8 cm³/mol. The first kappa shape index (κ1) is 11.4. The summed E-state index contributed by atoms with van der Waals surface area (Å²) in [4.78, 5) is 5.26. The Hall–Kier alpha value is -0.0800. The molecule has 15 heavy (non-hydrogen) atoms. The molecule has 1 radical (unpaired) electrons. The van der Waals surface area contributed by atoms with Crippen molar-refractivity contribution in [3.8, 4) is 0 Å². The molecule has 2 fully saturated rings. The van der Waals surface area contributed by atoms with Crippen molar-refractivity contribution >= 4 is 0 Å². The number of hydrogen-bond donors (Lipinski definition) is 0. The van der Waals surface area contributed by atoms with Crippen molar-refractivity contribution in [2.24, 2.45) is 5.92 Å². The summed E-state index contributed by atoms with van der Waals surface area (Å²) in [7, 11) is 0. The highest BCUT2D eigenvalue weighted by Gasteiger charge is 2.16. The van der Waals surface area contributed by atoms with Gasteiger partial charge in [0.05, 0.1) is 0 Å². The van der Waals surface area contributed by atoms with Gasteiger partial charge in [0.1, 0.15) is 0 Å². The van der Waals surface area contributed by atoms with Crippen LogP contribution < -0.4 is 0 Å². The third kappa shape index (κ3) is 3.76. The van der Waals surface area contributed by atoms with Gasteiger partial charge in [-0.2, -0.15) is 0 Å². The van der Waals surface area contributed by atoms with Gasteiger partial charge in [-0.1, -0.05) is 13.3 Å². The monoisotopic (exact) mass is 209 g/mol. The van der Waals surface area contributed by atoms with Gasteiger partial charge in [0.15, 0.2) is 0 Å². The molecule has 2 heteroatoms. The van der Waals surface area contributed by atoms with Crippen molar-refractivity contribution in [2.75, 3.05) is 39.3 Å². The molecule has 0 amide bonds. The molecule has 0 N–H and O–H groups in total. The van der Waals surface area contributed by atoms with Gasteiger partial charge in [0, 0.05) is 13.1 Å². The highest BCUT2D eigenvalue weighted by Crippen LogP contribution is 2.15. The Morgan fingerprint density at radius 1 is 0.800 bits per heavy atom. The van der Waals surface area contributed by atoms with E-state index in [0.717, 1.165) is 5.92 Å². The van der Waals surface area contributed by atoms with Crippen LogP contribution in [0.5, 0.6) is 0 Å². The fourth-order valence-corrected chi connectivity index (χ4v) is 2.68. The molecule has 2 aliphatic rings. The molecule has 87 valence electrons. The third-order valence-corrected chi connectivity index (χ3v) is 3.89. The maximum atomic E-state index is 4.14. The van der Waals surface area contributed by atoms with E-state index in [2.05, 4.69) is 16.7 Å². The zero-order valence-corrected chi connectivity index (χ0v) is 9.96. The van der Waals surface area contributed by atoms with Gasteiger partial charge >= 0.3 is 0 Å². The number of nitrogens with zero attached hydrogens (tertiary/aromatic N) is 2. The van der Waals surface area contributed by atoms with Crippen LogP contribution >= 0.6 is 0 Å². The first-order valence-electron chi connectivity index (χ1n) is 6.62. The SMILES string of the molecule is [CH2]C1CCN(CCN2CCCCC2)CC1. The lowest BCUT2D eigenvalue weighted by Gasteiger charge is -2.33. The van der Waals surface area contributed by atoms with E-state index in [-0.39, 0.29) is 0 Å². The molecular weight excluding hydrogens is 184 g/mol. The Labute approximate surface area is 94.6 Å². The van der Waals surface area contributed by atoms with E-state index < -0.39 is 0 Å².